The second-order valence-corrected chi connectivity index (χ2v) is 6.57. The molecule has 1 aliphatic heterocycles. The maximum Gasteiger partial charge on any atom is 0.276 e. The highest BCUT2D eigenvalue weighted by molar-refractivity contribution is 7.13. The lowest BCUT2D eigenvalue weighted by molar-refractivity contribution is 0.0725. The van der Waals surface area contributed by atoms with E-state index in [0.29, 0.717) is 11.5 Å². The molecule has 2 aromatic heterocycles. The largest absolute Gasteiger partial charge is 0.355 e. The highest BCUT2D eigenvalue weighted by Gasteiger charge is 2.32. The Bertz CT molecular complexity index is 796. The summed E-state index contributed by atoms with van der Waals surface area (Å²) < 4.78 is 5.34. The van der Waals surface area contributed by atoms with Crippen LogP contribution < -0.4 is 0 Å². The van der Waals surface area contributed by atoms with Crippen LogP contribution in [0, 0.1) is 0 Å². The van der Waals surface area contributed by atoms with Crippen LogP contribution in [0.3, 0.4) is 0 Å². The highest BCUT2D eigenvalue weighted by Crippen LogP contribution is 2.33. The van der Waals surface area contributed by atoms with Crippen LogP contribution in [0.1, 0.15) is 34.9 Å². The fourth-order valence-corrected chi connectivity index (χ4v) is 3.76. The van der Waals surface area contributed by atoms with Crippen LogP contribution in [0.25, 0.3) is 10.6 Å². The Labute approximate surface area is 138 Å². The third kappa shape index (κ3) is 2.68. The Morgan fingerprint density at radius 2 is 2.09 bits per heavy atom. The molecule has 1 aliphatic rings. The van der Waals surface area contributed by atoms with E-state index in [2.05, 4.69) is 17.3 Å². The topological polar surface area (TPSA) is 46.3 Å². The second-order valence-electron chi connectivity index (χ2n) is 5.62. The molecular weight excluding hydrogens is 308 g/mol. The number of nitrogens with zero attached hydrogens (tertiary/aromatic N) is 2. The Kier molecular flexibility index (Phi) is 3.71. The molecule has 1 fully saturated rings. The molecule has 0 spiro atoms. The van der Waals surface area contributed by atoms with Crippen molar-refractivity contribution in [2.75, 3.05) is 6.54 Å². The number of thiophene rings is 1. The number of rotatable bonds is 3. The maximum atomic E-state index is 12.8. The molecule has 116 valence electrons. The van der Waals surface area contributed by atoms with Crippen molar-refractivity contribution in [3.8, 4) is 10.6 Å². The maximum absolute atomic E-state index is 12.8. The zero-order chi connectivity index (χ0) is 15.6. The minimum absolute atomic E-state index is 0.0529. The summed E-state index contributed by atoms with van der Waals surface area (Å²) in [5.74, 6) is 0.599. The first-order valence-electron chi connectivity index (χ1n) is 7.69. The van der Waals surface area contributed by atoms with E-state index in [1.165, 1.54) is 5.56 Å². The summed E-state index contributed by atoms with van der Waals surface area (Å²) in [6.07, 6.45) is 2.01. The van der Waals surface area contributed by atoms with Crippen molar-refractivity contribution in [3.63, 3.8) is 0 Å². The van der Waals surface area contributed by atoms with Gasteiger partial charge in [-0.1, -0.05) is 41.6 Å². The zero-order valence-corrected chi connectivity index (χ0v) is 13.3. The predicted molar refractivity (Wildman–Crippen MR) is 89.3 cm³/mol. The van der Waals surface area contributed by atoms with Crippen LogP contribution in [-0.4, -0.2) is 22.5 Å². The molecule has 0 aliphatic carbocycles. The lowest BCUT2D eigenvalue weighted by atomic mass is 10.0. The molecule has 0 saturated carbocycles. The van der Waals surface area contributed by atoms with Crippen LogP contribution in [0.2, 0.25) is 0 Å². The van der Waals surface area contributed by atoms with E-state index < -0.39 is 0 Å². The third-order valence-electron chi connectivity index (χ3n) is 4.19. The van der Waals surface area contributed by atoms with Gasteiger partial charge < -0.3 is 9.42 Å². The highest BCUT2D eigenvalue weighted by atomic mass is 32.1. The van der Waals surface area contributed by atoms with Gasteiger partial charge in [0.1, 0.15) is 0 Å². The molecule has 1 amide bonds. The number of likely N-dealkylation sites (tertiary alicyclic amines) is 1. The minimum atomic E-state index is -0.0529. The number of benzene rings is 1. The summed E-state index contributed by atoms with van der Waals surface area (Å²) >= 11 is 1.57. The Morgan fingerprint density at radius 1 is 1.22 bits per heavy atom. The van der Waals surface area contributed by atoms with E-state index in [1.807, 2.05) is 40.6 Å². The summed E-state index contributed by atoms with van der Waals surface area (Å²) in [7, 11) is 0. The number of carbonyl (C=O) groups is 1. The SMILES string of the molecule is O=C(c1cc(-c2cccs2)on1)N1CCCC1c1ccccc1. The summed E-state index contributed by atoms with van der Waals surface area (Å²) in [6, 6.07) is 16.0. The molecule has 3 heterocycles. The molecule has 0 radical (unpaired) electrons. The summed E-state index contributed by atoms with van der Waals surface area (Å²) in [5, 5.41) is 5.96. The van der Waals surface area contributed by atoms with Crippen molar-refractivity contribution >= 4 is 17.2 Å². The van der Waals surface area contributed by atoms with Gasteiger partial charge in [-0.05, 0) is 29.9 Å². The average Bonchev–Trinajstić information content (AvgIpc) is 3.35. The fraction of sp³-hybridized carbons (Fsp3) is 0.222. The minimum Gasteiger partial charge on any atom is -0.355 e. The first kappa shape index (κ1) is 14.2. The molecule has 3 aromatic rings. The number of aromatic nitrogens is 1. The van der Waals surface area contributed by atoms with Gasteiger partial charge in [-0.15, -0.1) is 11.3 Å². The van der Waals surface area contributed by atoms with Gasteiger partial charge in [-0.2, -0.15) is 0 Å². The van der Waals surface area contributed by atoms with Gasteiger partial charge in [0.25, 0.3) is 5.91 Å². The molecule has 4 rings (SSSR count). The lowest BCUT2D eigenvalue weighted by Crippen LogP contribution is -2.30. The molecule has 1 saturated heterocycles. The van der Waals surface area contributed by atoms with Gasteiger partial charge in [-0.3, -0.25) is 4.79 Å². The van der Waals surface area contributed by atoms with E-state index >= 15 is 0 Å². The Hall–Kier alpha value is -2.40. The number of hydrogen-bond acceptors (Lipinski definition) is 4. The fourth-order valence-electron chi connectivity index (χ4n) is 3.09. The molecule has 1 atom stereocenters. The van der Waals surface area contributed by atoms with Gasteiger partial charge >= 0.3 is 0 Å². The third-order valence-corrected chi connectivity index (χ3v) is 5.08. The van der Waals surface area contributed by atoms with E-state index in [-0.39, 0.29) is 11.9 Å². The van der Waals surface area contributed by atoms with E-state index in [4.69, 9.17) is 4.52 Å². The van der Waals surface area contributed by atoms with Crippen molar-refractivity contribution in [1.82, 2.24) is 10.1 Å². The molecule has 1 unspecified atom stereocenters. The summed E-state index contributed by atoms with van der Waals surface area (Å²) in [6.45, 7) is 0.763. The quantitative estimate of drug-likeness (QED) is 0.718. The average molecular weight is 324 g/mol. The monoisotopic (exact) mass is 324 g/mol. The van der Waals surface area contributed by atoms with Crippen molar-refractivity contribution in [1.29, 1.82) is 0 Å². The lowest BCUT2D eigenvalue weighted by Gasteiger charge is -2.24. The number of hydrogen-bond donors (Lipinski definition) is 0. The van der Waals surface area contributed by atoms with Gasteiger partial charge in [0.05, 0.1) is 10.9 Å². The van der Waals surface area contributed by atoms with Crippen molar-refractivity contribution in [3.05, 3.63) is 65.2 Å². The predicted octanol–water partition coefficient (Wildman–Crippen LogP) is 4.38. The van der Waals surface area contributed by atoms with Crippen LogP contribution in [-0.2, 0) is 0 Å². The van der Waals surface area contributed by atoms with Gasteiger partial charge in [-0.25, -0.2) is 0 Å². The molecule has 0 bridgehead atoms. The van der Waals surface area contributed by atoms with Crippen LogP contribution in [0.4, 0.5) is 0 Å². The van der Waals surface area contributed by atoms with E-state index in [0.717, 1.165) is 24.3 Å². The number of carbonyl (C=O) groups excluding carboxylic acids is 1. The van der Waals surface area contributed by atoms with Crippen molar-refractivity contribution in [2.24, 2.45) is 0 Å². The van der Waals surface area contributed by atoms with Crippen LogP contribution >= 0.6 is 11.3 Å². The second kappa shape index (κ2) is 6.01. The van der Waals surface area contributed by atoms with Gasteiger partial charge in [0, 0.05) is 12.6 Å². The molecule has 4 nitrogen and oxygen atoms in total. The number of amides is 1. The summed E-state index contributed by atoms with van der Waals surface area (Å²) in [4.78, 5) is 15.7. The molecule has 5 heteroatoms. The van der Waals surface area contributed by atoms with Crippen molar-refractivity contribution < 1.29 is 9.32 Å². The molecule has 23 heavy (non-hydrogen) atoms. The molecular formula is C18H16N2O2S. The normalized spacial score (nSPS) is 17.6. The smallest absolute Gasteiger partial charge is 0.276 e. The first-order chi connectivity index (χ1) is 11.3. The molecule has 0 N–H and O–H groups in total. The van der Waals surface area contributed by atoms with Crippen LogP contribution in [0.15, 0.2) is 58.4 Å². The Morgan fingerprint density at radius 3 is 2.87 bits per heavy atom. The first-order valence-corrected chi connectivity index (χ1v) is 8.57. The van der Waals surface area contributed by atoms with E-state index in [1.54, 1.807) is 17.4 Å². The Balaban J connectivity index is 1.59. The van der Waals surface area contributed by atoms with Crippen LogP contribution in [0.5, 0.6) is 0 Å². The summed E-state index contributed by atoms with van der Waals surface area (Å²) in [5.41, 5.74) is 1.57. The van der Waals surface area contributed by atoms with Gasteiger partial charge in [0.15, 0.2) is 11.5 Å². The molecule has 1 aromatic carbocycles. The van der Waals surface area contributed by atoms with Crippen molar-refractivity contribution in [2.45, 2.75) is 18.9 Å². The zero-order valence-electron chi connectivity index (χ0n) is 12.5. The van der Waals surface area contributed by atoms with E-state index in [9.17, 15) is 4.79 Å². The van der Waals surface area contributed by atoms with Gasteiger partial charge in [0.2, 0.25) is 0 Å². The standard InChI is InChI=1S/C18H16N2O2S/c21-18(14-12-16(22-19-14)17-9-5-11-23-17)20-10-4-8-15(20)13-6-2-1-3-7-13/h1-3,5-7,9,11-12,15H,4,8,10H2.